The van der Waals surface area contributed by atoms with Gasteiger partial charge in [0.1, 0.15) is 96.9 Å². The predicted octanol–water partition coefficient (Wildman–Crippen LogP) is 6.48. The van der Waals surface area contributed by atoms with E-state index in [9.17, 15) is 10.2 Å². The van der Waals surface area contributed by atoms with Crippen molar-refractivity contribution in [1.29, 1.82) is 0 Å². The molecule has 18 nitrogen and oxygen atoms in total. The van der Waals surface area contributed by atoms with Crippen LogP contribution in [0.4, 0.5) is 11.6 Å². The van der Waals surface area contributed by atoms with Gasteiger partial charge in [0, 0.05) is 56.6 Å². The van der Waals surface area contributed by atoms with E-state index >= 15 is 0 Å². The highest BCUT2D eigenvalue weighted by Crippen LogP contribution is 2.44. The molecule has 0 spiro atoms. The van der Waals surface area contributed by atoms with Gasteiger partial charge in [-0.25, -0.2) is 19.9 Å². The quantitative estimate of drug-likeness (QED) is 0.128. The third kappa shape index (κ3) is 8.31. The predicted molar refractivity (Wildman–Crippen MR) is 244 cm³/mol. The number of fused-ring (bicyclic) bond motifs is 5. The first-order chi connectivity index (χ1) is 30.4. The van der Waals surface area contributed by atoms with Gasteiger partial charge in [0.05, 0.1) is 21.8 Å². The Bertz CT molecular complexity index is 2990. The minimum absolute atomic E-state index is 0. The maximum Gasteiger partial charge on any atom is 0.164 e. The summed E-state index contributed by atoms with van der Waals surface area (Å²) in [6, 6.07) is 19.0. The zero-order valence-corrected chi connectivity index (χ0v) is 36.8. The van der Waals surface area contributed by atoms with Crippen molar-refractivity contribution in [2.24, 2.45) is 0 Å². The van der Waals surface area contributed by atoms with Gasteiger partial charge in [-0.15, -0.1) is 0 Å². The van der Waals surface area contributed by atoms with Crippen LogP contribution in [0.15, 0.2) is 107 Å². The van der Waals surface area contributed by atoms with Gasteiger partial charge in [-0.05, 0) is 94.2 Å². The van der Waals surface area contributed by atoms with Crippen molar-refractivity contribution >= 4 is 87.4 Å². The number of hydrogen-bond donors (Lipinski definition) is 4. The third-order valence-corrected chi connectivity index (χ3v) is 12.0. The van der Waals surface area contributed by atoms with E-state index in [2.05, 4.69) is 61.8 Å². The molecule has 8 aromatic rings. The lowest BCUT2D eigenvalue weighted by molar-refractivity contribution is -0.198. The minimum Gasteiger partial charge on any atom is -0.491 e. The summed E-state index contributed by atoms with van der Waals surface area (Å²) in [5.74, 6) is 1.34. The number of ether oxygens (including phenoxy) is 6. The van der Waals surface area contributed by atoms with E-state index in [1.54, 1.807) is 29.2 Å². The molecule has 11 rings (SSSR count). The first kappa shape index (κ1) is 43.7. The van der Waals surface area contributed by atoms with Crippen LogP contribution in [-0.4, -0.2) is 105 Å². The fourth-order valence-corrected chi connectivity index (χ4v) is 8.89. The number of nitrogens with zero attached hydrogens (tertiary/aromatic N) is 8. The summed E-state index contributed by atoms with van der Waals surface area (Å²) in [6.07, 6.45) is 4.65. The van der Waals surface area contributed by atoms with Gasteiger partial charge in [-0.2, -0.15) is 0 Å². The molecule has 9 heterocycles. The second kappa shape index (κ2) is 17.4. The lowest BCUT2D eigenvalue weighted by Gasteiger charge is -2.25. The number of hydrogen-bond acceptors (Lipinski definition) is 16. The highest BCUT2D eigenvalue weighted by atomic mass is 79.9. The topological polar surface area (TPSA) is 235 Å². The second-order valence-electron chi connectivity index (χ2n) is 15.8. The Morgan fingerprint density at radius 2 is 1.14 bits per heavy atom. The molecule has 2 aromatic carbocycles. The molecule has 0 bridgehead atoms. The van der Waals surface area contributed by atoms with E-state index in [-0.39, 0.29) is 32.3 Å². The standard InChI is InChI=1S/C23H22BrN5O4.C20H18BrN5O4.CH4/c1-23(2)32-18-17(10-30-14-4-3-12-7-13(24)9-26-16(12)8-14)31-22(19(18)33-23)29-6-5-15-20(25)27-11-28-21(15)29;21-11-5-10-1-2-12(6-14(10)23-7-11)29-8-15-16(27)17(28)20(30-15)26-4-3-13-18(22)24-9-25-19(13)26;/h3-9,11,17-19,22H,10H2,1-2H3,(H2,25,27,28);1-7,9,15-17,20,27-28H,8H2,(H2,22,24,25);1H4/t17-,18-,19-,22-;15-,16-,17-,20-;/m11./s1. The Labute approximate surface area is 382 Å². The van der Waals surface area contributed by atoms with Crippen molar-refractivity contribution in [1.82, 2.24) is 39.0 Å². The molecule has 8 atom stereocenters. The largest absolute Gasteiger partial charge is 0.491 e. The Kier molecular flexibility index (Phi) is 11.9. The molecule has 20 heteroatoms. The average molecular weight is 1000 g/mol. The number of pyridine rings is 2. The molecular weight excluding hydrogens is 956 g/mol. The van der Waals surface area contributed by atoms with Gasteiger partial charge in [-0.1, -0.05) is 7.43 Å². The summed E-state index contributed by atoms with van der Waals surface area (Å²) in [4.78, 5) is 25.5. The summed E-state index contributed by atoms with van der Waals surface area (Å²) in [6.45, 7) is 4.17. The maximum absolute atomic E-state index is 10.6. The van der Waals surface area contributed by atoms with E-state index in [4.69, 9.17) is 39.9 Å². The van der Waals surface area contributed by atoms with Crippen LogP contribution >= 0.6 is 31.9 Å². The van der Waals surface area contributed by atoms with Crippen LogP contribution in [0.1, 0.15) is 33.7 Å². The number of aromatic nitrogens is 8. The highest BCUT2D eigenvalue weighted by Gasteiger charge is 2.56. The summed E-state index contributed by atoms with van der Waals surface area (Å²) < 4.78 is 42.1. The molecule has 0 saturated carbocycles. The number of aliphatic hydroxyl groups is 2. The Hall–Kier alpha value is -5.58. The lowest BCUT2D eigenvalue weighted by atomic mass is 10.1. The highest BCUT2D eigenvalue weighted by molar-refractivity contribution is 9.10. The molecule has 0 unspecified atom stereocenters. The zero-order chi connectivity index (χ0) is 43.6. The Morgan fingerprint density at radius 1 is 0.641 bits per heavy atom. The monoisotopic (exact) mass is 998 g/mol. The van der Waals surface area contributed by atoms with Crippen LogP contribution in [0, 0.1) is 0 Å². The smallest absolute Gasteiger partial charge is 0.164 e. The first-order valence-electron chi connectivity index (χ1n) is 19.9. The number of nitrogens with two attached hydrogens (primary N) is 2. The molecule has 3 fully saturated rings. The maximum atomic E-state index is 10.6. The first-order valence-corrected chi connectivity index (χ1v) is 21.5. The number of aliphatic hydroxyl groups excluding tert-OH is 2. The lowest BCUT2D eigenvalue weighted by Crippen LogP contribution is -2.34. The van der Waals surface area contributed by atoms with Gasteiger partial charge < -0.3 is 59.2 Å². The zero-order valence-electron chi connectivity index (χ0n) is 33.6. The van der Waals surface area contributed by atoms with E-state index in [1.807, 2.05) is 79.2 Å². The molecule has 0 aliphatic carbocycles. The van der Waals surface area contributed by atoms with Crippen molar-refractivity contribution in [2.75, 3.05) is 24.7 Å². The summed E-state index contributed by atoms with van der Waals surface area (Å²) in [5.41, 5.74) is 14.7. The Balaban J connectivity index is 0.000000160. The molecule has 332 valence electrons. The molecule has 3 aliphatic heterocycles. The van der Waals surface area contributed by atoms with Crippen LogP contribution < -0.4 is 20.9 Å². The summed E-state index contributed by atoms with van der Waals surface area (Å²) >= 11 is 6.85. The van der Waals surface area contributed by atoms with Gasteiger partial charge in [-0.3, -0.25) is 9.97 Å². The number of anilines is 2. The fourth-order valence-electron chi connectivity index (χ4n) is 8.19. The van der Waals surface area contributed by atoms with Crippen LogP contribution in [0.3, 0.4) is 0 Å². The van der Waals surface area contributed by atoms with E-state index < -0.39 is 36.6 Å². The minimum atomic E-state index is -1.15. The summed E-state index contributed by atoms with van der Waals surface area (Å²) in [5, 5.41) is 24.5. The SMILES string of the molecule is C.CC1(C)O[C@@H]2[C@H](O1)[C@@H](COc1ccc3cc(Br)cnc3c1)O[C@H]2n1ccc2c(N)ncnc21.Nc1ncnc2c1ccn2[C@@H]1O[C@H](COc2ccc3cc(Br)cnc3c2)[C@@H](O)[C@H]1O. The molecule has 6 aromatic heterocycles. The number of benzene rings is 2. The van der Waals surface area contributed by atoms with Crippen molar-refractivity contribution in [3.8, 4) is 11.5 Å². The van der Waals surface area contributed by atoms with Gasteiger partial charge in [0.15, 0.2) is 18.2 Å². The van der Waals surface area contributed by atoms with Crippen molar-refractivity contribution in [3.63, 3.8) is 0 Å². The fraction of sp³-hybridized carbons (Fsp3) is 0.318. The second-order valence-corrected chi connectivity index (χ2v) is 17.6. The molecule has 3 aliphatic rings. The van der Waals surface area contributed by atoms with E-state index in [1.165, 1.54) is 12.7 Å². The van der Waals surface area contributed by atoms with Crippen molar-refractivity contribution in [2.45, 2.75) is 76.1 Å². The van der Waals surface area contributed by atoms with E-state index in [0.717, 1.165) is 36.1 Å². The molecule has 0 amide bonds. The molecular formula is C44H44Br2N10O8. The molecule has 0 radical (unpaired) electrons. The van der Waals surface area contributed by atoms with Crippen molar-refractivity contribution in [3.05, 3.63) is 107 Å². The number of halogens is 2. The molecule has 64 heavy (non-hydrogen) atoms. The average Bonchev–Trinajstić information content (AvgIpc) is 4.09. The van der Waals surface area contributed by atoms with Crippen molar-refractivity contribution < 1.29 is 38.6 Å². The van der Waals surface area contributed by atoms with Gasteiger partial charge >= 0.3 is 0 Å². The van der Waals surface area contributed by atoms with Crippen LogP contribution in [-0.2, 0) is 18.9 Å². The molecule has 3 saturated heterocycles. The Morgan fingerprint density at radius 3 is 1.70 bits per heavy atom. The van der Waals surface area contributed by atoms with Crippen LogP contribution in [0.2, 0.25) is 0 Å². The third-order valence-electron chi connectivity index (χ3n) is 11.2. The van der Waals surface area contributed by atoms with Crippen LogP contribution in [0.5, 0.6) is 11.5 Å². The number of nitrogen functional groups attached to an aromatic ring is 2. The van der Waals surface area contributed by atoms with Gasteiger partial charge in [0.25, 0.3) is 0 Å². The van der Waals surface area contributed by atoms with E-state index in [0.29, 0.717) is 46.4 Å². The number of rotatable bonds is 8. The van der Waals surface area contributed by atoms with Gasteiger partial charge in [0.2, 0.25) is 0 Å². The van der Waals surface area contributed by atoms with Crippen LogP contribution in [0.25, 0.3) is 43.9 Å². The molecule has 6 N–H and O–H groups in total. The normalized spacial score (nSPS) is 24.7. The summed E-state index contributed by atoms with van der Waals surface area (Å²) in [7, 11) is 0.